The van der Waals surface area contributed by atoms with E-state index in [1.165, 1.54) is 19.9 Å². The molecule has 1 amide bonds. The highest BCUT2D eigenvalue weighted by atomic mass is 16.5. The zero-order chi connectivity index (χ0) is 13.0. The van der Waals surface area contributed by atoms with Gasteiger partial charge in [-0.25, -0.2) is 0 Å². The minimum absolute atomic E-state index is 0.0245. The molecule has 0 heterocycles. The van der Waals surface area contributed by atoms with E-state index >= 15 is 0 Å². The molecule has 6 nitrogen and oxygen atoms in total. The molecule has 0 atom stereocenters. The number of anilines is 1. The summed E-state index contributed by atoms with van der Waals surface area (Å²) in [6.07, 6.45) is 0. The van der Waals surface area contributed by atoms with Gasteiger partial charge in [0, 0.05) is 19.9 Å². The van der Waals surface area contributed by atoms with E-state index in [4.69, 9.17) is 4.74 Å². The lowest BCUT2D eigenvalue weighted by molar-refractivity contribution is -0.131. The van der Waals surface area contributed by atoms with Gasteiger partial charge in [0.2, 0.25) is 5.91 Å². The van der Waals surface area contributed by atoms with Gasteiger partial charge in [0.05, 0.1) is 5.69 Å². The normalized spacial score (nSPS) is 9.59. The molecule has 0 aliphatic carbocycles. The van der Waals surface area contributed by atoms with Crippen LogP contribution in [0.1, 0.15) is 19.4 Å². The number of nitrogens with zero attached hydrogens (tertiary/aromatic N) is 1. The Hall–Kier alpha value is -2.24. The highest BCUT2D eigenvalue weighted by Crippen LogP contribution is 2.33. The first-order valence-corrected chi connectivity index (χ1v) is 4.88. The fourth-order valence-electron chi connectivity index (χ4n) is 1.37. The average Bonchev–Trinajstić information content (AvgIpc) is 2.20. The Bertz CT molecular complexity index is 483. The maximum Gasteiger partial charge on any atom is 0.308 e. The number of aryl methyl sites for hydroxylation is 1. The van der Waals surface area contributed by atoms with Crippen LogP contribution in [0.25, 0.3) is 0 Å². The standard InChI is InChI=1S/C11H12N2O4/c1-6-4-9(17-8(3)15)5-10(13-16)11(6)12-7(2)14/h4-5H,1-3H3,(H,12,14). The molecule has 1 N–H and O–H groups in total. The first-order chi connectivity index (χ1) is 7.93. The molecule has 0 aliphatic heterocycles. The minimum Gasteiger partial charge on any atom is -0.427 e. The van der Waals surface area contributed by atoms with Gasteiger partial charge >= 0.3 is 5.97 Å². The molecular formula is C11H12N2O4. The van der Waals surface area contributed by atoms with Crippen LogP contribution in [-0.4, -0.2) is 11.9 Å². The first kappa shape index (κ1) is 12.8. The number of rotatable bonds is 3. The van der Waals surface area contributed by atoms with Crippen molar-refractivity contribution in [3.8, 4) is 5.75 Å². The predicted octanol–water partition coefficient (Wildman–Crippen LogP) is 2.28. The Morgan fingerprint density at radius 3 is 2.41 bits per heavy atom. The van der Waals surface area contributed by atoms with Crippen LogP contribution < -0.4 is 10.1 Å². The topological polar surface area (TPSA) is 84.8 Å². The number of ether oxygens (including phenoxy) is 1. The van der Waals surface area contributed by atoms with Gasteiger partial charge < -0.3 is 10.1 Å². The SMILES string of the molecule is CC(=O)Nc1c(C)cc(OC(C)=O)cc1N=O. The van der Waals surface area contributed by atoms with Gasteiger partial charge in [-0.15, -0.1) is 4.91 Å². The molecule has 17 heavy (non-hydrogen) atoms. The van der Waals surface area contributed by atoms with Crippen LogP contribution in [0.15, 0.2) is 17.3 Å². The molecule has 0 saturated carbocycles. The second-order valence-electron chi connectivity index (χ2n) is 3.50. The van der Waals surface area contributed by atoms with Gasteiger partial charge in [-0.1, -0.05) is 0 Å². The van der Waals surface area contributed by atoms with Gasteiger partial charge in [0.15, 0.2) is 0 Å². The van der Waals surface area contributed by atoms with Crippen LogP contribution in [0.5, 0.6) is 5.75 Å². The molecule has 1 aromatic carbocycles. The lowest BCUT2D eigenvalue weighted by Gasteiger charge is -2.10. The molecule has 0 aliphatic rings. The molecule has 0 radical (unpaired) electrons. The molecule has 0 fully saturated rings. The van der Waals surface area contributed by atoms with Crippen LogP contribution in [0.4, 0.5) is 11.4 Å². The van der Waals surface area contributed by atoms with Crippen LogP contribution >= 0.6 is 0 Å². The molecule has 1 aromatic rings. The summed E-state index contributed by atoms with van der Waals surface area (Å²) in [5.74, 6) is -0.578. The van der Waals surface area contributed by atoms with Crippen LogP contribution in [0.2, 0.25) is 0 Å². The van der Waals surface area contributed by atoms with E-state index in [0.29, 0.717) is 11.3 Å². The first-order valence-electron chi connectivity index (χ1n) is 4.88. The monoisotopic (exact) mass is 236 g/mol. The van der Waals surface area contributed by atoms with E-state index in [2.05, 4.69) is 10.5 Å². The number of amides is 1. The summed E-state index contributed by atoms with van der Waals surface area (Å²) in [4.78, 5) is 32.4. The van der Waals surface area contributed by atoms with Crippen molar-refractivity contribution in [2.75, 3.05) is 5.32 Å². The van der Waals surface area contributed by atoms with Crippen molar-refractivity contribution >= 4 is 23.3 Å². The minimum atomic E-state index is -0.492. The Balaban J connectivity index is 3.20. The van der Waals surface area contributed by atoms with E-state index in [1.807, 2.05) is 0 Å². The number of nitrogens with one attached hydrogen (secondary N) is 1. The van der Waals surface area contributed by atoms with Crippen molar-refractivity contribution in [3.63, 3.8) is 0 Å². The molecule has 0 aromatic heterocycles. The summed E-state index contributed by atoms with van der Waals surface area (Å²) in [5.41, 5.74) is 0.938. The largest absolute Gasteiger partial charge is 0.427 e. The summed E-state index contributed by atoms with van der Waals surface area (Å²) in [6, 6.07) is 2.84. The van der Waals surface area contributed by atoms with Crippen molar-refractivity contribution in [3.05, 3.63) is 22.6 Å². The lowest BCUT2D eigenvalue weighted by atomic mass is 10.1. The van der Waals surface area contributed by atoms with Gasteiger partial charge in [-0.2, -0.15) is 0 Å². The fraction of sp³-hybridized carbons (Fsp3) is 0.273. The smallest absolute Gasteiger partial charge is 0.308 e. The van der Waals surface area contributed by atoms with E-state index in [1.54, 1.807) is 13.0 Å². The number of carbonyl (C=O) groups is 2. The number of nitroso groups, excluding NO2 is 1. The molecule has 1 rings (SSSR count). The Morgan fingerprint density at radius 2 is 1.94 bits per heavy atom. The summed E-state index contributed by atoms with van der Waals surface area (Å²) in [6.45, 7) is 4.26. The van der Waals surface area contributed by atoms with Crippen LogP contribution in [0.3, 0.4) is 0 Å². The van der Waals surface area contributed by atoms with E-state index in [0.717, 1.165) is 0 Å². The van der Waals surface area contributed by atoms with Gasteiger partial charge in [0.1, 0.15) is 11.4 Å². The zero-order valence-electron chi connectivity index (χ0n) is 9.73. The number of benzene rings is 1. The van der Waals surface area contributed by atoms with Crippen LogP contribution in [-0.2, 0) is 9.59 Å². The van der Waals surface area contributed by atoms with Crippen molar-refractivity contribution in [1.29, 1.82) is 0 Å². The van der Waals surface area contributed by atoms with E-state index in [-0.39, 0.29) is 17.3 Å². The average molecular weight is 236 g/mol. The highest BCUT2D eigenvalue weighted by molar-refractivity contribution is 5.93. The van der Waals surface area contributed by atoms with Crippen molar-refractivity contribution in [2.24, 2.45) is 5.18 Å². The van der Waals surface area contributed by atoms with E-state index in [9.17, 15) is 14.5 Å². The maximum atomic E-state index is 11.0. The summed E-state index contributed by atoms with van der Waals surface area (Å²) >= 11 is 0. The van der Waals surface area contributed by atoms with Crippen molar-refractivity contribution in [2.45, 2.75) is 20.8 Å². The third kappa shape index (κ3) is 3.37. The fourth-order valence-corrected chi connectivity index (χ4v) is 1.37. The second kappa shape index (κ2) is 5.20. The Labute approximate surface area is 97.9 Å². The zero-order valence-corrected chi connectivity index (χ0v) is 9.73. The molecule has 0 spiro atoms. The molecule has 0 unspecified atom stereocenters. The molecule has 0 saturated heterocycles. The Kier molecular flexibility index (Phi) is 3.92. The molecule has 0 bridgehead atoms. The predicted molar refractivity (Wildman–Crippen MR) is 62.2 cm³/mol. The van der Waals surface area contributed by atoms with E-state index < -0.39 is 5.97 Å². The third-order valence-electron chi connectivity index (χ3n) is 1.95. The number of hydrogen-bond donors (Lipinski definition) is 1. The number of carbonyl (C=O) groups excluding carboxylic acids is 2. The lowest BCUT2D eigenvalue weighted by Crippen LogP contribution is -2.08. The summed E-state index contributed by atoms with van der Waals surface area (Å²) in [5, 5.41) is 5.30. The Morgan fingerprint density at radius 1 is 1.29 bits per heavy atom. The number of esters is 1. The molecule has 6 heteroatoms. The maximum absolute atomic E-state index is 11.0. The summed E-state index contributed by atoms with van der Waals surface area (Å²) < 4.78 is 4.85. The number of hydrogen-bond acceptors (Lipinski definition) is 5. The van der Waals surface area contributed by atoms with Gasteiger partial charge in [0.25, 0.3) is 0 Å². The molecule has 90 valence electrons. The van der Waals surface area contributed by atoms with Gasteiger partial charge in [-0.05, 0) is 23.7 Å². The van der Waals surface area contributed by atoms with Gasteiger partial charge in [-0.3, -0.25) is 9.59 Å². The molecular weight excluding hydrogens is 224 g/mol. The summed E-state index contributed by atoms with van der Waals surface area (Å²) in [7, 11) is 0. The van der Waals surface area contributed by atoms with Crippen molar-refractivity contribution in [1.82, 2.24) is 0 Å². The quantitative estimate of drug-likeness (QED) is 0.495. The third-order valence-corrected chi connectivity index (χ3v) is 1.95. The second-order valence-corrected chi connectivity index (χ2v) is 3.50. The van der Waals surface area contributed by atoms with Crippen LogP contribution in [0, 0.1) is 11.8 Å². The van der Waals surface area contributed by atoms with Crippen molar-refractivity contribution < 1.29 is 14.3 Å². The highest BCUT2D eigenvalue weighted by Gasteiger charge is 2.12.